The summed E-state index contributed by atoms with van der Waals surface area (Å²) >= 11 is 3.16. The Kier molecular flexibility index (Phi) is 3.56. The van der Waals surface area contributed by atoms with Gasteiger partial charge in [0.05, 0.1) is 11.7 Å². The molecule has 0 radical (unpaired) electrons. The maximum Gasteiger partial charge on any atom is 0.241 e. The number of benzene rings is 1. The summed E-state index contributed by atoms with van der Waals surface area (Å²) in [6, 6.07) is 4.38. The second kappa shape index (κ2) is 4.93. The van der Waals surface area contributed by atoms with Crippen molar-refractivity contribution in [3.05, 3.63) is 28.5 Å². The van der Waals surface area contributed by atoms with Crippen molar-refractivity contribution in [1.82, 2.24) is 5.32 Å². The Morgan fingerprint density at radius 1 is 1.56 bits per heavy atom. The maximum absolute atomic E-state index is 13.4. The third-order valence-electron chi connectivity index (χ3n) is 2.57. The highest BCUT2D eigenvalue weighted by molar-refractivity contribution is 9.10. The largest absolute Gasteiger partial charge is 0.322 e. The molecular formula is C11H12BrFN2O. The molecule has 5 heteroatoms. The molecule has 0 bridgehead atoms. The first kappa shape index (κ1) is 11.5. The minimum Gasteiger partial charge on any atom is -0.322 e. The van der Waals surface area contributed by atoms with Gasteiger partial charge in [0.15, 0.2) is 0 Å². The normalized spacial score (nSPS) is 19.8. The molecule has 1 aliphatic heterocycles. The second-order valence-electron chi connectivity index (χ2n) is 3.76. The number of nitrogens with one attached hydrogen (secondary N) is 2. The molecule has 1 saturated heterocycles. The van der Waals surface area contributed by atoms with Crippen LogP contribution in [0.5, 0.6) is 0 Å². The highest BCUT2D eigenvalue weighted by Gasteiger charge is 2.22. The molecule has 2 rings (SSSR count). The first-order valence-corrected chi connectivity index (χ1v) is 5.95. The van der Waals surface area contributed by atoms with Gasteiger partial charge in [0, 0.05) is 4.47 Å². The molecule has 1 fully saturated rings. The number of halogens is 2. The van der Waals surface area contributed by atoms with Crippen molar-refractivity contribution >= 4 is 27.5 Å². The summed E-state index contributed by atoms with van der Waals surface area (Å²) < 4.78 is 14.1. The zero-order valence-corrected chi connectivity index (χ0v) is 10.2. The highest BCUT2D eigenvalue weighted by atomic mass is 79.9. The SMILES string of the molecule is O=C(Nc1ccc(Br)cc1F)[C@H]1CCCN1. The second-order valence-corrected chi connectivity index (χ2v) is 4.68. The molecule has 1 amide bonds. The number of carbonyl (C=O) groups is 1. The highest BCUT2D eigenvalue weighted by Crippen LogP contribution is 2.20. The molecule has 1 atom stereocenters. The minimum absolute atomic E-state index is 0.168. The minimum atomic E-state index is -0.430. The van der Waals surface area contributed by atoms with Gasteiger partial charge in [-0.2, -0.15) is 0 Å². The van der Waals surface area contributed by atoms with E-state index in [-0.39, 0.29) is 17.6 Å². The van der Waals surface area contributed by atoms with Gasteiger partial charge in [-0.15, -0.1) is 0 Å². The van der Waals surface area contributed by atoms with Crippen LogP contribution in [-0.4, -0.2) is 18.5 Å². The lowest BCUT2D eigenvalue weighted by atomic mass is 10.2. The van der Waals surface area contributed by atoms with Crippen LogP contribution < -0.4 is 10.6 Å². The monoisotopic (exact) mass is 286 g/mol. The summed E-state index contributed by atoms with van der Waals surface area (Å²) in [5.41, 5.74) is 0.224. The number of carbonyl (C=O) groups excluding carboxylic acids is 1. The smallest absolute Gasteiger partial charge is 0.241 e. The number of hydrogen-bond acceptors (Lipinski definition) is 2. The van der Waals surface area contributed by atoms with Gasteiger partial charge in [-0.3, -0.25) is 4.79 Å². The van der Waals surface area contributed by atoms with Crippen LogP contribution in [0, 0.1) is 5.82 Å². The van der Waals surface area contributed by atoms with E-state index in [0.29, 0.717) is 4.47 Å². The van der Waals surface area contributed by atoms with Crippen molar-refractivity contribution in [1.29, 1.82) is 0 Å². The Hall–Kier alpha value is -0.940. The quantitative estimate of drug-likeness (QED) is 0.876. The number of rotatable bonds is 2. The summed E-state index contributed by atoms with van der Waals surface area (Å²) in [6.07, 6.45) is 1.80. The summed E-state index contributed by atoms with van der Waals surface area (Å²) in [4.78, 5) is 11.7. The van der Waals surface area contributed by atoms with Gasteiger partial charge < -0.3 is 10.6 Å². The molecule has 86 valence electrons. The molecule has 16 heavy (non-hydrogen) atoms. The number of anilines is 1. The van der Waals surface area contributed by atoms with Gasteiger partial charge in [-0.1, -0.05) is 15.9 Å². The van der Waals surface area contributed by atoms with E-state index in [1.807, 2.05) is 0 Å². The maximum atomic E-state index is 13.4. The van der Waals surface area contributed by atoms with Gasteiger partial charge in [-0.05, 0) is 37.6 Å². The van der Waals surface area contributed by atoms with E-state index in [2.05, 4.69) is 26.6 Å². The van der Waals surface area contributed by atoms with E-state index < -0.39 is 5.82 Å². The van der Waals surface area contributed by atoms with Crippen molar-refractivity contribution in [2.45, 2.75) is 18.9 Å². The van der Waals surface area contributed by atoms with Crippen molar-refractivity contribution in [2.24, 2.45) is 0 Å². The molecule has 0 spiro atoms. The van der Waals surface area contributed by atoms with E-state index in [4.69, 9.17) is 0 Å². The molecule has 3 nitrogen and oxygen atoms in total. The van der Waals surface area contributed by atoms with E-state index in [0.717, 1.165) is 19.4 Å². The standard InChI is InChI=1S/C11H12BrFN2O/c12-7-3-4-9(8(13)6-7)15-11(16)10-2-1-5-14-10/h3-4,6,10,14H,1-2,5H2,(H,15,16)/t10-/m1/s1. The molecule has 1 heterocycles. The molecule has 1 aliphatic rings. The zero-order chi connectivity index (χ0) is 11.5. The van der Waals surface area contributed by atoms with Crippen molar-refractivity contribution in [3.63, 3.8) is 0 Å². The van der Waals surface area contributed by atoms with E-state index in [9.17, 15) is 9.18 Å². The van der Waals surface area contributed by atoms with Crippen LogP contribution in [0.25, 0.3) is 0 Å². The fourth-order valence-corrected chi connectivity index (χ4v) is 2.05. The molecular weight excluding hydrogens is 275 g/mol. The third kappa shape index (κ3) is 2.59. The molecule has 1 aromatic carbocycles. The van der Waals surface area contributed by atoms with E-state index in [1.54, 1.807) is 12.1 Å². The fraction of sp³-hybridized carbons (Fsp3) is 0.364. The van der Waals surface area contributed by atoms with Crippen molar-refractivity contribution in [2.75, 3.05) is 11.9 Å². The first-order chi connectivity index (χ1) is 7.66. The lowest BCUT2D eigenvalue weighted by Crippen LogP contribution is -2.35. The van der Waals surface area contributed by atoms with Crippen LogP contribution >= 0.6 is 15.9 Å². The molecule has 0 aliphatic carbocycles. The van der Waals surface area contributed by atoms with Crippen LogP contribution in [0.2, 0.25) is 0 Å². The Labute approximate surface area is 102 Å². The molecule has 1 aromatic rings. The molecule has 2 N–H and O–H groups in total. The molecule has 0 aromatic heterocycles. The first-order valence-electron chi connectivity index (χ1n) is 5.16. The van der Waals surface area contributed by atoms with E-state index in [1.165, 1.54) is 6.07 Å². The van der Waals surface area contributed by atoms with Gasteiger partial charge >= 0.3 is 0 Å². The van der Waals surface area contributed by atoms with Gasteiger partial charge in [0.1, 0.15) is 5.82 Å². The van der Waals surface area contributed by atoms with Crippen LogP contribution in [0.3, 0.4) is 0 Å². The Morgan fingerprint density at radius 3 is 3.00 bits per heavy atom. The third-order valence-corrected chi connectivity index (χ3v) is 3.06. The zero-order valence-electron chi connectivity index (χ0n) is 8.59. The topological polar surface area (TPSA) is 41.1 Å². The number of hydrogen-bond donors (Lipinski definition) is 2. The summed E-state index contributed by atoms with van der Waals surface area (Å²) in [5.74, 6) is -0.598. The van der Waals surface area contributed by atoms with Gasteiger partial charge in [-0.25, -0.2) is 4.39 Å². The average Bonchev–Trinajstić information content (AvgIpc) is 2.75. The number of amides is 1. The summed E-state index contributed by atoms with van der Waals surface area (Å²) in [7, 11) is 0. The summed E-state index contributed by atoms with van der Waals surface area (Å²) in [6.45, 7) is 0.848. The Balaban J connectivity index is 2.05. The van der Waals surface area contributed by atoms with Crippen molar-refractivity contribution in [3.8, 4) is 0 Å². The summed E-state index contributed by atoms with van der Waals surface area (Å²) in [5, 5.41) is 5.65. The molecule has 0 unspecified atom stereocenters. The Bertz CT molecular complexity index is 405. The lowest BCUT2D eigenvalue weighted by molar-refractivity contribution is -0.117. The van der Waals surface area contributed by atoms with E-state index >= 15 is 0 Å². The average molecular weight is 287 g/mol. The van der Waals surface area contributed by atoms with Crippen LogP contribution in [0.15, 0.2) is 22.7 Å². The van der Waals surface area contributed by atoms with Gasteiger partial charge in [0.25, 0.3) is 0 Å². The fourth-order valence-electron chi connectivity index (χ4n) is 1.72. The van der Waals surface area contributed by atoms with Gasteiger partial charge in [0.2, 0.25) is 5.91 Å². The Morgan fingerprint density at radius 2 is 2.38 bits per heavy atom. The molecule has 0 saturated carbocycles. The van der Waals surface area contributed by atoms with Crippen LogP contribution in [-0.2, 0) is 4.79 Å². The van der Waals surface area contributed by atoms with Crippen molar-refractivity contribution < 1.29 is 9.18 Å². The predicted octanol–water partition coefficient (Wildman–Crippen LogP) is 2.28. The predicted molar refractivity (Wildman–Crippen MR) is 63.8 cm³/mol. The van der Waals surface area contributed by atoms with Crippen LogP contribution in [0.1, 0.15) is 12.8 Å². The lowest BCUT2D eigenvalue weighted by Gasteiger charge is -2.11. The van der Waals surface area contributed by atoms with Crippen LogP contribution in [0.4, 0.5) is 10.1 Å².